The van der Waals surface area contributed by atoms with Gasteiger partial charge in [0.1, 0.15) is 6.04 Å². The number of carbonyl (C=O) groups excluding carboxylic acids is 2. The first-order chi connectivity index (χ1) is 26.3. The van der Waals surface area contributed by atoms with Gasteiger partial charge in [-0.05, 0) is 46.0 Å². The van der Waals surface area contributed by atoms with E-state index in [0.717, 1.165) is 52.0 Å². The number of carbonyl (C=O) groups is 2. The summed E-state index contributed by atoms with van der Waals surface area (Å²) in [6.07, 6.45) is -0.592. The summed E-state index contributed by atoms with van der Waals surface area (Å²) in [6, 6.07) is 42.7. The van der Waals surface area contributed by atoms with Gasteiger partial charge >= 0.3 is 12.0 Å². The van der Waals surface area contributed by atoms with E-state index >= 15 is 0 Å². The van der Waals surface area contributed by atoms with Crippen molar-refractivity contribution in [2.24, 2.45) is 5.92 Å². The molecule has 0 unspecified atom stereocenters. The largest absolute Gasteiger partial charge is 0.467 e. The van der Waals surface area contributed by atoms with Crippen LogP contribution in [0, 0.1) is 5.92 Å². The Hall–Kier alpha value is -5.32. The topological polar surface area (TPSA) is 109 Å². The van der Waals surface area contributed by atoms with Crippen molar-refractivity contribution in [2.45, 2.75) is 57.6 Å². The van der Waals surface area contributed by atoms with Gasteiger partial charge in [-0.15, -0.1) is 0 Å². The third-order valence-electron chi connectivity index (χ3n) is 9.93. The minimum absolute atomic E-state index is 0.0106. The molecule has 0 aromatic heterocycles. The van der Waals surface area contributed by atoms with Gasteiger partial charge in [0.05, 0.1) is 25.9 Å². The van der Waals surface area contributed by atoms with Crippen LogP contribution in [0.4, 0.5) is 4.79 Å². The third-order valence-corrected chi connectivity index (χ3v) is 9.93. The minimum Gasteiger partial charge on any atom is -0.467 e. The standard InChI is InChI=1S/C45H49N3O6/c1-31-41(29-48(2)28-33-14-8-5-9-15-33)53-44(54-42(31)36-20-18-34(30-49)19-21-36)37-24-22-35(23-25-37)39-17-11-10-16-38(39)27-46-45(51)47-40(43(50)52-3)26-32-12-6-4-7-13-32/h4-25,31,40-42,44,49H,26-30H2,1-3H3,(H2,46,47,51)/t31-,40+,41+,42+,44+/m1/s1. The van der Waals surface area contributed by atoms with Crippen molar-refractivity contribution in [3.63, 3.8) is 0 Å². The van der Waals surface area contributed by atoms with Gasteiger partial charge in [-0.25, -0.2) is 9.59 Å². The lowest BCUT2D eigenvalue weighted by molar-refractivity contribution is -0.276. The number of nitrogens with zero attached hydrogens (tertiary/aromatic N) is 1. The maximum absolute atomic E-state index is 13.0. The summed E-state index contributed by atoms with van der Waals surface area (Å²) < 4.78 is 18.4. The Morgan fingerprint density at radius 2 is 1.41 bits per heavy atom. The molecule has 1 heterocycles. The van der Waals surface area contributed by atoms with E-state index in [1.54, 1.807) is 0 Å². The van der Waals surface area contributed by atoms with E-state index < -0.39 is 24.3 Å². The predicted molar refractivity (Wildman–Crippen MR) is 209 cm³/mol. The molecule has 1 aliphatic rings. The van der Waals surface area contributed by atoms with E-state index in [1.165, 1.54) is 12.7 Å². The van der Waals surface area contributed by atoms with Crippen LogP contribution in [0.25, 0.3) is 11.1 Å². The fourth-order valence-electron chi connectivity index (χ4n) is 6.94. The average Bonchev–Trinajstić information content (AvgIpc) is 3.21. The zero-order chi connectivity index (χ0) is 37.9. The molecule has 0 bridgehead atoms. The highest BCUT2D eigenvalue weighted by Crippen LogP contribution is 2.42. The van der Waals surface area contributed by atoms with Crippen molar-refractivity contribution in [3.8, 4) is 11.1 Å². The van der Waals surface area contributed by atoms with Crippen LogP contribution in [0.15, 0.2) is 133 Å². The Balaban J connectivity index is 1.15. The highest BCUT2D eigenvalue weighted by Gasteiger charge is 2.39. The predicted octanol–water partition coefficient (Wildman–Crippen LogP) is 7.35. The zero-order valence-corrected chi connectivity index (χ0v) is 31.1. The number of esters is 1. The molecule has 2 amide bonds. The van der Waals surface area contributed by atoms with Gasteiger partial charge in [-0.1, -0.05) is 140 Å². The van der Waals surface area contributed by atoms with Crippen molar-refractivity contribution in [1.82, 2.24) is 15.5 Å². The third kappa shape index (κ3) is 10.0. The first-order valence-electron chi connectivity index (χ1n) is 18.4. The van der Waals surface area contributed by atoms with Gasteiger partial charge in [0.25, 0.3) is 0 Å². The summed E-state index contributed by atoms with van der Waals surface area (Å²) in [6.45, 7) is 3.95. The fraction of sp³-hybridized carbons (Fsp3) is 0.289. The molecule has 0 aliphatic carbocycles. The van der Waals surface area contributed by atoms with Gasteiger partial charge < -0.3 is 30.0 Å². The summed E-state index contributed by atoms with van der Waals surface area (Å²) in [7, 11) is 3.43. The van der Waals surface area contributed by atoms with Gasteiger partial charge in [-0.2, -0.15) is 0 Å². The van der Waals surface area contributed by atoms with Crippen molar-refractivity contribution in [3.05, 3.63) is 167 Å². The van der Waals surface area contributed by atoms with Crippen LogP contribution in [0.2, 0.25) is 0 Å². The van der Waals surface area contributed by atoms with Gasteiger partial charge in [0.15, 0.2) is 6.29 Å². The molecule has 1 aliphatic heterocycles. The molecule has 9 heteroatoms. The van der Waals surface area contributed by atoms with Crippen LogP contribution in [-0.2, 0) is 45.1 Å². The summed E-state index contributed by atoms with van der Waals surface area (Å²) >= 11 is 0. The molecule has 1 saturated heterocycles. The summed E-state index contributed by atoms with van der Waals surface area (Å²) in [4.78, 5) is 27.8. The molecule has 0 saturated carbocycles. The smallest absolute Gasteiger partial charge is 0.328 e. The number of aliphatic hydroxyl groups excluding tert-OH is 1. The number of urea groups is 1. The Kier molecular flexibility index (Phi) is 13.2. The van der Waals surface area contributed by atoms with E-state index in [9.17, 15) is 14.7 Å². The Morgan fingerprint density at radius 1 is 0.778 bits per heavy atom. The molecule has 54 heavy (non-hydrogen) atoms. The van der Waals surface area contributed by atoms with Crippen molar-refractivity contribution in [1.29, 1.82) is 0 Å². The number of ether oxygens (including phenoxy) is 3. The molecule has 0 spiro atoms. The number of benzene rings is 5. The highest BCUT2D eigenvalue weighted by molar-refractivity contribution is 5.84. The number of amides is 2. The molecule has 1 fully saturated rings. The number of nitrogens with one attached hydrogen (secondary N) is 2. The monoisotopic (exact) mass is 727 g/mol. The molecule has 9 nitrogen and oxygen atoms in total. The SMILES string of the molecule is COC(=O)[C@H](Cc1ccccc1)NC(=O)NCc1ccccc1-c1ccc([C@H]2O[C@@H](CN(C)Cc3ccccc3)[C@@H](C)[C@@H](c3ccc(CO)cc3)O2)cc1. The summed E-state index contributed by atoms with van der Waals surface area (Å²) in [5.74, 6) is -0.442. The van der Waals surface area contributed by atoms with E-state index in [2.05, 4.69) is 53.8 Å². The van der Waals surface area contributed by atoms with Crippen molar-refractivity contribution >= 4 is 12.0 Å². The molecule has 5 aromatic rings. The number of hydrogen-bond donors (Lipinski definition) is 3. The molecular weight excluding hydrogens is 679 g/mol. The minimum atomic E-state index is -0.823. The van der Waals surface area contributed by atoms with Crippen LogP contribution in [0.1, 0.15) is 52.7 Å². The molecule has 3 N–H and O–H groups in total. The number of hydrogen-bond acceptors (Lipinski definition) is 7. The second-order valence-electron chi connectivity index (χ2n) is 13.9. The normalized spacial score (nSPS) is 18.8. The maximum Gasteiger partial charge on any atom is 0.328 e. The van der Waals surface area contributed by atoms with Crippen LogP contribution in [0.3, 0.4) is 0 Å². The Bertz CT molecular complexity index is 1940. The lowest BCUT2D eigenvalue weighted by atomic mass is 9.90. The lowest BCUT2D eigenvalue weighted by Crippen LogP contribution is -2.47. The Labute approximate surface area is 317 Å². The molecule has 280 valence electrons. The van der Waals surface area contributed by atoms with E-state index in [4.69, 9.17) is 14.2 Å². The van der Waals surface area contributed by atoms with Gasteiger partial charge in [0.2, 0.25) is 0 Å². The van der Waals surface area contributed by atoms with Gasteiger partial charge in [-0.3, -0.25) is 4.90 Å². The second kappa shape index (κ2) is 18.6. The average molecular weight is 728 g/mol. The van der Waals surface area contributed by atoms with Crippen molar-refractivity contribution in [2.75, 3.05) is 20.7 Å². The van der Waals surface area contributed by atoms with Crippen LogP contribution in [0.5, 0.6) is 0 Å². The molecule has 6 rings (SSSR count). The first-order valence-corrected chi connectivity index (χ1v) is 18.4. The highest BCUT2D eigenvalue weighted by atomic mass is 16.7. The van der Waals surface area contributed by atoms with Gasteiger partial charge in [0, 0.05) is 37.5 Å². The second-order valence-corrected chi connectivity index (χ2v) is 13.9. The summed E-state index contributed by atoms with van der Waals surface area (Å²) in [5.41, 5.74) is 7.84. The zero-order valence-electron chi connectivity index (χ0n) is 31.1. The molecular formula is C45H49N3O6. The van der Waals surface area contributed by atoms with E-state index in [0.29, 0.717) is 6.42 Å². The van der Waals surface area contributed by atoms with Crippen molar-refractivity contribution < 1.29 is 28.9 Å². The number of likely N-dealkylation sites (N-methyl/N-ethyl adjacent to an activating group) is 1. The summed E-state index contributed by atoms with van der Waals surface area (Å²) in [5, 5.41) is 15.3. The number of methoxy groups -OCH3 is 1. The molecule has 5 atom stereocenters. The molecule has 5 aromatic carbocycles. The fourth-order valence-corrected chi connectivity index (χ4v) is 6.94. The first kappa shape index (κ1) is 38.4. The maximum atomic E-state index is 13.0. The van der Waals surface area contributed by atoms with Crippen LogP contribution < -0.4 is 10.6 Å². The van der Waals surface area contributed by atoms with Crippen LogP contribution >= 0.6 is 0 Å². The quantitative estimate of drug-likeness (QED) is 0.103. The molecule has 0 radical (unpaired) electrons. The number of rotatable bonds is 14. The van der Waals surface area contributed by atoms with Crippen LogP contribution in [-0.4, -0.2) is 54.9 Å². The Morgan fingerprint density at radius 3 is 2.07 bits per heavy atom. The van der Waals surface area contributed by atoms with E-state index in [1.807, 2.05) is 109 Å². The number of aliphatic hydroxyl groups is 1. The lowest BCUT2D eigenvalue weighted by Gasteiger charge is -2.42. The van der Waals surface area contributed by atoms with E-state index in [-0.39, 0.29) is 31.3 Å².